The quantitative estimate of drug-likeness (QED) is 0.926. The topological polar surface area (TPSA) is 39.1 Å². The van der Waals surface area contributed by atoms with Gasteiger partial charge in [0.05, 0.1) is 23.6 Å². The van der Waals surface area contributed by atoms with E-state index < -0.39 is 0 Å². The van der Waals surface area contributed by atoms with Crippen LogP contribution in [0.3, 0.4) is 0 Å². The monoisotopic (exact) mass is 281 g/mol. The third kappa shape index (κ3) is 3.06. The Hall–Kier alpha value is -1.15. The molecule has 19 heavy (non-hydrogen) atoms. The number of nitrogens with one attached hydrogen (secondary N) is 1. The van der Waals surface area contributed by atoms with Crippen LogP contribution in [0.5, 0.6) is 0 Å². The first-order valence-electron chi connectivity index (χ1n) is 6.41. The third-order valence-electron chi connectivity index (χ3n) is 3.53. The Morgan fingerprint density at radius 2 is 2.16 bits per heavy atom. The van der Waals surface area contributed by atoms with Crippen LogP contribution in [0.15, 0.2) is 12.1 Å². The predicted octanol–water partition coefficient (Wildman–Crippen LogP) is 2.65. The molecule has 1 aromatic rings. The van der Waals surface area contributed by atoms with E-state index in [0.717, 1.165) is 31.7 Å². The van der Waals surface area contributed by atoms with Gasteiger partial charge in [0, 0.05) is 31.7 Å². The minimum absolute atomic E-state index is 0.250. The normalized spacial score (nSPS) is 18.0. The number of rotatable bonds is 3. The summed E-state index contributed by atoms with van der Waals surface area (Å²) in [5, 5.41) is 12.7. The van der Waals surface area contributed by atoms with Gasteiger partial charge in [0.25, 0.3) is 0 Å². The Kier molecular flexibility index (Phi) is 4.76. The van der Waals surface area contributed by atoms with Crippen LogP contribution in [0, 0.1) is 24.1 Å². The summed E-state index contributed by atoms with van der Waals surface area (Å²) in [5.41, 5.74) is 1.31. The maximum absolute atomic E-state index is 14.1. The van der Waals surface area contributed by atoms with Crippen molar-refractivity contribution in [2.75, 3.05) is 26.2 Å². The van der Waals surface area contributed by atoms with Crippen molar-refractivity contribution in [1.82, 2.24) is 10.2 Å². The average Bonchev–Trinajstić information content (AvgIpc) is 2.43. The van der Waals surface area contributed by atoms with E-state index in [2.05, 4.69) is 16.3 Å². The van der Waals surface area contributed by atoms with E-state index in [0.29, 0.717) is 10.6 Å². The smallest absolute Gasteiger partial charge is 0.129 e. The fourth-order valence-electron chi connectivity index (χ4n) is 2.48. The molecular weight excluding hydrogens is 265 g/mol. The highest BCUT2D eigenvalue weighted by Gasteiger charge is 2.27. The van der Waals surface area contributed by atoms with Crippen LogP contribution in [0.25, 0.3) is 0 Å². The van der Waals surface area contributed by atoms with Crippen molar-refractivity contribution in [2.24, 2.45) is 0 Å². The minimum atomic E-state index is -0.325. The fourth-order valence-corrected chi connectivity index (χ4v) is 2.76. The molecule has 0 amide bonds. The molecular formula is C14H17ClFN3. The van der Waals surface area contributed by atoms with Gasteiger partial charge in [-0.1, -0.05) is 17.7 Å². The lowest BCUT2D eigenvalue weighted by molar-refractivity contribution is 0.172. The number of piperazine rings is 1. The highest BCUT2D eigenvalue weighted by atomic mass is 35.5. The molecule has 1 aliphatic heterocycles. The molecule has 0 aromatic heterocycles. The molecule has 3 nitrogen and oxygen atoms in total. The highest BCUT2D eigenvalue weighted by Crippen LogP contribution is 2.34. The molecule has 0 aliphatic carbocycles. The van der Waals surface area contributed by atoms with Gasteiger partial charge in [0.1, 0.15) is 5.82 Å². The van der Waals surface area contributed by atoms with E-state index in [9.17, 15) is 4.39 Å². The second kappa shape index (κ2) is 6.33. The van der Waals surface area contributed by atoms with E-state index in [1.807, 2.05) is 6.92 Å². The van der Waals surface area contributed by atoms with Crippen LogP contribution in [0.1, 0.15) is 23.6 Å². The standard InChI is InChI=1S/C14H17ClFN3/c1-10-2-3-11(16)13(14(10)15)12(4-5-17)19-8-6-18-7-9-19/h2-3,12,18H,4,6-9H2,1H3/t12-/m0/s1. The molecule has 1 N–H and O–H groups in total. The number of hydrogen-bond acceptors (Lipinski definition) is 3. The zero-order chi connectivity index (χ0) is 13.8. The van der Waals surface area contributed by atoms with Crippen molar-refractivity contribution in [2.45, 2.75) is 19.4 Å². The first-order valence-corrected chi connectivity index (χ1v) is 6.79. The zero-order valence-corrected chi connectivity index (χ0v) is 11.7. The molecule has 1 heterocycles. The van der Waals surface area contributed by atoms with Crippen molar-refractivity contribution in [3.63, 3.8) is 0 Å². The second-order valence-corrected chi connectivity index (χ2v) is 5.13. The van der Waals surface area contributed by atoms with Crippen LogP contribution in [-0.4, -0.2) is 31.1 Å². The molecule has 2 rings (SSSR count). The van der Waals surface area contributed by atoms with Crippen LogP contribution >= 0.6 is 11.6 Å². The summed E-state index contributed by atoms with van der Waals surface area (Å²) >= 11 is 6.26. The maximum atomic E-state index is 14.1. The maximum Gasteiger partial charge on any atom is 0.129 e. The summed E-state index contributed by atoms with van der Waals surface area (Å²) in [4.78, 5) is 2.13. The van der Waals surface area contributed by atoms with E-state index in [1.54, 1.807) is 6.07 Å². The Balaban J connectivity index is 2.38. The van der Waals surface area contributed by atoms with Gasteiger partial charge >= 0.3 is 0 Å². The lowest BCUT2D eigenvalue weighted by Gasteiger charge is -2.34. The molecule has 1 aromatic carbocycles. The summed E-state index contributed by atoms with van der Waals surface area (Å²) in [6.07, 6.45) is 0.250. The van der Waals surface area contributed by atoms with Crippen molar-refractivity contribution >= 4 is 11.6 Å². The van der Waals surface area contributed by atoms with Gasteiger partial charge in [0.15, 0.2) is 0 Å². The van der Waals surface area contributed by atoms with E-state index >= 15 is 0 Å². The summed E-state index contributed by atoms with van der Waals surface area (Å²) in [6, 6.07) is 4.99. The summed E-state index contributed by atoms with van der Waals surface area (Å²) in [6.45, 7) is 5.17. The van der Waals surface area contributed by atoms with Crippen LogP contribution < -0.4 is 5.32 Å². The molecule has 5 heteroatoms. The summed E-state index contributed by atoms with van der Waals surface area (Å²) < 4.78 is 14.1. The number of benzene rings is 1. The van der Waals surface area contributed by atoms with Crippen LogP contribution in [0.2, 0.25) is 5.02 Å². The van der Waals surface area contributed by atoms with Crippen LogP contribution in [-0.2, 0) is 0 Å². The third-order valence-corrected chi connectivity index (χ3v) is 4.03. The predicted molar refractivity (Wildman–Crippen MR) is 73.6 cm³/mol. The average molecular weight is 282 g/mol. The van der Waals surface area contributed by atoms with Crippen molar-refractivity contribution in [3.05, 3.63) is 34.1 Å². The largest absolute Gasteiger partial charge is 0.314 e. The number of nitriles is 1. The van der Waals surface area contributed by atoms with Gasteiger partial charge in [0.2, 0.25) is 0 Å². The highest BCUT2D eigenvalue weighted by molar-refractivity contribution is 6.32. The summed E-state index contributed by atoms with van der Waals surface area (Å²) in [7, 11) is 0. The molecule has 1 aliphatic rings. The van der Waals surface area contributed by atoms with Gasteiger partial charge in [-0.2, -0.15) is 5.26 Å². The second-order valence-electron chi connectivity index (χ2n) is 4.76. The lowest BCUT2D eigenvalue weighted by atomic mass is 9.99. The SMILES string of the molecule is Cc1ccc(F)c([C@H](CC#N)N2CCNCC2)c1Cl. The van der Waals surface area contributed by atoms with Gasteiger partial charge in [-0.15, -0.1) is 0 Å². The fraction of sp³-hybridized carbons (Fsp3) is 0.500. The van der Waals surface area contributed by atoms with Gasteiger partial charge in [-0.3, -0.25) is 4.90 Å². The van der Waals surface area contributed by atoms with Crippen molar-refractivity contribution in [3.8, 4) is 6.07 Å². The molecule has 0 unspecified atom stereocenters. The number of halogens is 2. The molecule has 0 bridgehead atoms. The molecule has 1 saturated heterocycles. The zero-order valence-electron chi connectivity index (χ0n) is 10.9. The molecule has 0 saturated carbocycles. The minimum Gasteiger partial charge on any atom is -0.314 e. The van der Waals surface area contributed by atoms with Crippen molar-refractivity contribution < 1.29 is 4.39 Å². The molecule has 0 spiro atoms. The Morgan fingerprint density at radius 3 is 2.79 bits per heavy atom. The number of nitrogens with zero attached hydrogens (tertiary/aromatic N) is 2. The first kappa shape index (κ1) is 14.3. The van der Waals surface area contributed by atoms with E-state index in [1.165, 1.54) is 6.07 Å². The van der Waals surface area contributed by atoms with Crippen LogP contribution in [0.4, 0.5) is 4.39 Å². The number of aryl methyl sites for hydroxylation is 1. The Bertz CT molecular complexity index is 492. The van der Waals surface area contributed by atoms with E-state index in [4.69, 9.17) is 16.9 Å². The summed E-state index contributed by atoms with van der Waals surface area (Å²) in [5.74, 6) is -0.325. The Labute approximate surface area is 118 Å². The van der Waals surface area contributed by atoms with Gasteiger partial charge in [-0.05, 0) is 18.6 Å². The first-order chi connectivity index (χ1) is 9.15. The molecule has 0 radical (unpaired) electrons. The van der Waals surface area contributed by atoms with Gasteiger partial charge in [-0.25, -0.2) is 4.39 Å². The number of hydrogen-bond donors (Lipinski definition) is 1. The molecule has 102 valence electrons. The Morgan fingerprint density at radius 1 is 1.47 bits per heavy atom. The molecule has 1 atom stereocenters. The van der Waals surface area contributed by atoms with E-state index in [-0.39, 0.29) is 18.3 Å². The molecule has 1 fully saturated rings. The van der Waals surface area contributed by atoms with Gasteiger partial charge < -0.3 is 5.32 Å². The van der Waals surface area contributed by atoms with Crippen molar-refractivity contribution in [1.29, 1.82) is 5.26 Å². The lowest BCUT2D eigenvalue weighted by Crippen LogP contribution is -2.45.